The number of pyridine rings is 1. The van der Waals surface area contributed by atoms with Crippen molar-refractivity contribution in [2.24, 2.45) is 0 Å². The number of sulfonamides is 1. The maximum atomic E-state index is 13.6. The standard InChI is InChI=1S/C28H21N5O4S2/c29-16-19-6-3-5-18(13-19)14-24(28-32-23-9-1-2-10-26(23)38-28)33-39(36,37)21-8-4-7-20(15-21)31-27(35)22-17-30-12-11-25(22)34/h1-13,15,17,24,33H,14H2,(H,30,34)(H,31,35). The molecule has 5 aromatic rings. The van der Waals surface area contributed by atoms with Crippen LogP contribution in [0.5, 0.6) is 0 Å². The minimum absolute atomic E-state index is 0.0702. The van der Waals surface area contributed by atoms with Gasteiger partial charge in [0, 0.05) is 24.1 Å². The topological polar surface area (TPSA) is 145 Å². The van der Waals surface area contributed by atoms with E-state index in [4.69, 9.17) is 0 Å². The van der Waals surface area contributed by atoms with Crippen molar-refractivity contribution in [2.75, 3.05) is 5.32 Å². The van der Waals surface area contributed by atoms with E-state index in [9.17, 15) is 23.3 Å². The zero-order valence-corrected chi connectivity index (χ0v) is 21.9. The average Bonchev–Trinajstić information content (AvgIpc) is 3.38. The first-order valence-corrected chi connectivity index (χ1v) is 14.1. The number of aromatic amines is 1. The summed E-state index contributed by atoms with van der Waals surface area (Å²) in [6.45, 7) is 0. The first-order chi connectivity index (χ1) is 18.8. The van der Waals surface area contributed by atoms with Gasteiger partial charge in [-0.15, -0.1) is 11.3 Å². The summed E-state index contributed by atoms with van der Waals surface area (Å²) in [7, 11) is -4.08. The van der Waals surface area contributed by atoms with E-state index in [-0.39, 0.29) is 22.6 Å². The van der Waals surface area contributed by atoms with Crippen LogP contribution < -0.4 is 15.5 Å². The van der Waals surface area contributed by atoms with E-state index in [1.54, 1.807) is 18.2 Å². The molecule has 0 saturated carbocycles. The van der Waals surface area contributed by atoms with Crippen molar-refractivity contribution in [1.82, 2.24) is 14.7 Å². The summed E-state index contributed by atoms with van der Waals surface area (Å²) in [5, 5.41) is 12.5. The third kappa shape index (κ3) is 5.94. The van der Waals surface area contributed by atoms with Gasteiger partial charge in [-0.3, -0.25) is 9.59 Å². The van der Waals surface area contributed by atoms with Crippen LogP contribution in [-0.2, 0) is 16.4 Å². The quantitative estimate of drug-likeness (QED) is 0.259. The third-order valence-corrected chi connectivity index (χ3v) is 8.49. The largest absolute Gasteiger partial charge is 0.367 e. The Hall–Kier alpha value is -4.63. The van der Waals surface area contributed by atoms with E-state index >= 15 is 0 Å². The molecule has 39 heavy (non-hydrogen) atoms. The van der Waals surface area contributed by atoms with Crippen LogP contribution in [0.3, 0.4) is 0 Å². The summed E-state index contributed by atoms with van der Waals surface area (Å²) in [5.41, 5.74) is 1.65. The summed E-state index contributed by atoms with van der Waals surface area (Å²) in [6.07, 6.45) is 2.96. The molecule has 0 radical (unpaired) electrons. The molecule has 0 aliphatic rings. The molecule has 1 atom stereocenters. The van der Waals surface area contributed by atoms with Gasteiger partial charge >= 0.3 is 0 Å². The fraction of sp³-hybridized carbons (Fsp3) is 0.0714. The lowest BCUT2D eigenvalue weighted by Gasteiger charge is -2.17. The first kappa shape index (κ1) is 26.0. The predicted octanol–water partition coefficient (Wildman–Crippen LogP) is 4.37. The van der Waals surface area contributed by atoms with Crippen LogP contribution in [0.25, 0.3) is 10.2 Å². The van der Waals surface area contributed by atoms with Crippen molar-refractivity contribution in [2.45, 2.75) is 17.4 Å². The number of thiazole rings is 1. The summed E-state index contributed by atoms with van der Waals surface area (Å²) in [6, 6.07) is 22.9. The molecule has 9 nitrogen and oxygen atoms in total. The fourth-order valence-electron chi connectivity index (χ4n) is 4.01. The van der Waals surface area contributed by atoms with Gasteiger partial charge in [-0.05, 0) is 54.4 Å². The highest BCUT2D eigenvalue weighted by molar-refractivity contribution is 7.89. The van der Waals surface area contributed by atoms with Gasteiger partial charge in [0.2, 0.25) is 10.0 Å². The number of carbonyl (C=O) groups excluding carboxylic acids is 1. The van der Waals surface area contributed by atoms with Crippen LogP contribution >= 0.6 is 11.3 Å². The second-order valence-electron chi connectivity index (χ2n) is 8.61. The maximum Gasteiger partial charge on any atom is 0.261 e. The number of aromatic nitrogens is 2. The molecule has 2 aromatic heterocycles. The van der Waals surface area contributed by atoms with Gasteiger partial charge < -0.3 is 10.3 Å². The number of hydrogen-bond donors (Lipinski definition) is 3. The number of anilines is 1. The van der Waals surface area contributed by atoms with Crippen LogP contribution in [0.4, 0.5) is 5.69 Å². The van der Waals surface area contributed by atoms with Gasteiger partial charge in [0.05, 0.1) is 32.8 Å². The van der Waals surface area contributed by atoms with Gasteiger partial charge in [0.15, 0.2) is 5.43 Å². The molecule has 3 N–H and O–H groups in total. The smallest absolute Gasteiger partial charge is 0.261 e. The molecular weight excluding hydrogens is 534 g/mol. The summed E-state index contributed by atoms with van der Waals surface area (Å²) in [5.74, 6) is -0.663. The van der Waals surface area contributed by atoms with E-state index in [0.717, 1.165) is 15.8 Å². The van der Waals surface area contributed by atoms with E-state index in [2.05, 4.69) is 26.1 Å². The van der Waals surface area contributed by atoms with Crippen molar-refractivity contribution in [1.29, 1.82) is 5.26 Å². The molecule has 1 amide bonds. The number of benzene rings is 3. The number of para-hydroxylation sites is 1. The Morgan fingerprint density at radius 1 is 1.05 bits per heavy atom. The highest BCUT2D eigenvalue weighted by Gasteiger charge is 2.25. The Morgan fingerprint density at radius 2 is 1.87 bits per heavy atom. The minimum Gasteiger partial charge on any atom is -0.367 e. The number of H-pyrrole nitrogens is 1. The third-order valence-electron chi connectivity index (χ3n) is 5.87. The molecule has 0 aliphatic heterocycles. The Morgan fingerprint density at radius 3 is 2.67 bits per heavy atom. The monoisotopic (exact) mass is 555 g/mol. The van der Waals surface area contributed by atoms with E-state index < -0.39 is 27.4 Å². The molecule has 0 saturated heterocycles. The molecule has 5 rings (SSSR count). The zero-order chi connectivity index (χ0) is 27.4. The number of carbonyl (C=O) groups is 1. The molecule has 3 aromatic carbocycles. The number of nitrogens with zero attached hydrogens (tertiary/aromatic N) is 2. The summed E-state index contributed by atoms with van der Waals surface area (Å²) in [4.78, 5) is 31.8. The van der Waals surface area contributed by atoms with Gasteiger partial charge in [0.1, 0.15) is 10.6 Å². The molecule has 11 heteroatoms. The molecule has 2 heterocycles. The highest BCUT2D eigenvalue weighted by atomic mass is 32.2. The number of rotatable bonds is 8. The molecule has 194 valence electrons. The molecule has 1 unspecified atom stereocenters. The Labute approximate surface area is 227 Å². The lowest BCUT2D eigenvalue weighted by molar-refractivity contribution is 0.102. The fourth-order valence-corrected chi connectivity index (χ4v) is 6.35. The Balaban J connectivity index is 1.45. The Kier molecular flexibility index (Phi) is 7.33. The molecule has 0 bridgehead atoms. The second kappa shape index (κ2) is 11.0. The van der Waals surface area contributed by atoms with Crippen LogP contribution in [0, 0.1) is 11.3 Å². The number of amides is 1. The van der Waals surface area contributed by atoms with Gasteiger partial charge in [0.25, 0.3) is 5.91 Å². The van der Waals surface area contributed by atoms with Crippen molar-refractivity contribution >= 4 is 43.2 Å². The van der Waals surface area contributed by atoms with E-state index in [1.165, 1.54) is 54.1 Å². The van der Waals surface area contributed by atoms with Crippen LogP contribution in [-0.4, -0.2) is 24.3 Å². The van der Waals surface area contributed by atoms with Crippen LogP contribution in [0.2, 0.25) is 0 Å². The molecule has 0 fully saturated rings. The van der Waals surface area contributed by atoms with Gasteiger partial charge in [-0.1, -0.05) is 30.3 Å². The number of fused-ring (bicyclic) bond motifs is 1. The normalized spacial score (nSPS) is 12.1. The SMILES string of the molecule is N#Cc1cccc(CC(NS(=O)(=O)c2cccc(NC(=O)c3c[nH]ccc3=O)c2)c2nc3ccccc3s2)c1. The maximum absolute atomic E-state index is 13.6. The van der Waals surface area contributed by atoms with E-state index in [1.807, 2.05) is 30.3 Å². The number of nitrogens with one attached hydrogen (secondary N) is 3. The lowest BCUT2D eigenvalue weighted by atomic mass is 10.0. The van der Waals surface area contributed by atoms with Crippen molar-refractivity contribution < 1.29 is 13.2 Å². The van der Waals surface area contributed by atoms with Crippen molar-refractivity contribution in [3.05, 3.63) is 123 Å². The first-order valence-electron chi connectivity index (χ1n) is 11.8. The highest BCUT2D eigenvalue weighted by Crippen LogP contribution is 2.30. The zero-order valence-electron chi connectivity index (χ0n) is 20.3. The molecule has 0 aliphatic carbocycles. The van der Waals surface area contributed by atoms with Gasteiger partial charge in [-0.25, -0.2) is 18.1 Å². The summed E-state index contributed by atoms with van der Waals surface area (Å²) < 4.78 is 30.8. The van der Waals surface area contributed by atoms with Crippen LogP contribution in [0.15, 0.2) is 101 Å². The number of nitriles is 1. The summed E-state index contributed by atoms with van der Waals surface area (Å²) >= 11 is 1.39. The van der Waals surface area contributed by atoms with Crippen molar-refractivity contribution in [3.63, 3.8) is 0 Å². The minimum atomic E-state index is -4.08. The lowest BCUT2D eigenvalue weighted by Crippen LogP contribution is -2.30. The van der Waals surface area contributed by atoms with Crippen LogP contribution in [0.1, 0.15) is 32.5 Å². The number of hydrogen-bond acceptors (Lipinski definition) is 7. The average molecular weight is 556 g/mol. The Bertz CT molecular complexity index is 1860. The molecule has 0 spiro atoms. The molecular formula is C28H21N5O4S2. The van der Waals surface area contributed by atoms with Crippen molar-refractivity contribution in [3.8, 4) is 6.07 Å². The van der Waals surface area contributed by atoms with E-state index in [0.29, 0.717) is 10.6 Å². The second-order valence-corrected chi connectivity index (χ2v) is 11.4. The van der Waals surface area contributed by atoms with Gasteiger partial charge in [-0.2, -0.15) is 5.26 Å². The predicted molar refractivity (Wildman–Crippen MR) is 149 cm³/mol.